The number of hydrogen-bond acceptors (Lipinski definition) is 3. The van der Waals surface area contributed by atoms with E-state index in [1.165, 1.54) is 0 Å². The van der Waals surface area contributed by atoms with Crippen molar-refractivity contribution in [2.75, 3.05) is 26.2 Å². The van der Waals surface area contributed by atoms with Gasteiger partial charge in [-0.05, 0) is 13.0 Å². The number of carbonyl (C=O) groups excluding carboxylic acids is 1. The number of hydrogen-bond donors (Lipinski definition) is 1. The fourth-order valence-corrected chi connectivity index (χ4v) is 1.84. The Hall–Kier alpha value is 0.0200. The summed E-state index contributed by atoms with van der Waals surface area (Å²) in [7, 11) is 2.58. The van der Waals surface area contributed by atoms with Gasteiger partial charge in [0.05, 0.1) is 6.54 Å². The maximum Gasteiger partial charge on any atom is 0.152 e. The van der Waals surface area contributed by atoms with Gasteiger partial charge in [0.1, 0.15) is 0 Å². The van der Waals surface area contributed by atoms with Crippen LogP contribution in [0.4, 0.5) is 0 Å². The molecule has 0 saturated carbocycles. The first kappa shape index (κ1) is 10.1. The lowest BCUT2D eigenvalue weighted by Crippen LogP contribution is -2.28. The van der Waals surface area contributed by atoms with Gasteiger partial charge in [0.15, 0.2) is 5.78 Å². The van der Waals surface area contributed by atoms with E-state index in [1.807, 2.05) is 4.67 Å². The molecule has 0 amide bonds. The largest absolute Gasteiger partial charge is 0.316 e. The number of ketones is 1. The highest BCUT2D eigenvalue weighted by Crippen LogP contribution is 2.14. The summed E-state index contributed by atoms with van der Waals surface area (Å²) in [5.41, 5.74) is 0. The average molecular weight is 188 g/mol. The molecule has 0 aromatic rings. The van der Waals surface area contributed by atoms with Gasteiger partial charge in [-0.1, -0.05) is 16.3 Å². The molecule has 0 radical (unpaired) electrons. The summed E-state index contributed by atoms with van der Waals surface area (Å²) in [4.78, 5) is 11.3. The minimum atomic E-state index is 0.217. The first-order valence-corrected chi connectivity index (χ1v) is 4.98. The van der Waals surface area contributed by atoms with Gasteiger partial charge >= 0.3 is 0 Å². The van der Waals surface area contributed by atoms with E-state index in [1.54, 1.807) is 0 Å². The minimum absolute atomic E-state index is 0.217. The maximum atomic E-state index is 11.3. The van der Waals surface area contributed by atoms with Gasteiger partial charge in [0, 0.05) is 19.0 Å². The van der Waals surface area contributed by atoms with Gasteiger partial charge < -0.3 is 5.32 Å². The molecular weight excluding hydrogens is 171 g/mol. The molecule has 0 bridgehead atoms. The van der Waals surface area contributed by atoms with E-state index in [9.17, 15) is 4.79 Å². The third-order valence-corrected chi connectivity index (χ3v) is 2.48. The van der Waals surface area contributed by atoms with Gasteiger partial charge in [-0.25, -0.2) is 0 Å². The lowest BCUT2D eigenvalue weighted by molar-refractivity contribution is -0.119. The molecule has 1 aliphatic rings. The standard InChI is InChI=1S/C8H17N2OP/c1-2-3-9-4-7-5-10(12)6-8(7)11/h7,9H,2-6,12H2,1H3. The predicted molar refractivity (Wildman–Crippen MR) is 52.9 cm³/mol. The van der Waals surface area contributed by atoms with E-state index in [0.29, 0.717) is 12.3 Å². The molecule has 0 aromatic heterocycles. The van der Waals surface area contributed by atoms with Crippen LogP contribution in [0.1, 0.15) is 13.3 Å². The molecule has 1 aliphatic heterocycles. The fraction of sp³-hybridized carbons (Fsp3) is 0.875. The summed E-state index contributed by atoms with van der Waals surface area (Å²) in [5.74, 6) is 0.586. The van der Waals surface area contributed by atoms with Crippen LogP contribution < -0.4 is 5.32 Å². The van der Waals surface area contributed by atoms with Crippen LogP contribution in [0.15, 0.2) is 0 Å². The van der Waals surface area contributed by atoms with Crippen LogP contribution in [-0.2, 0) is 4.79 Å². The predicted octanol–water partition coefficient (Wildman–Crippen LogP) is 0.277. The smallest absolute Gasteiger partial charge is 0.152 e. The van der Waals surface area contributed by atoms with Crippen LogP contribution in [0, 0.1) is 5.92 Å². The molecule has 0 aliphatic carbocycles. The fourth-order valence-electron chi connectivity index (χ4n) is 1.41. The molecule has 3 nitrogen and oxygen atoms in total. The Morgan fingerprint density at radius 3 is 3.00 bits per heavy atom. The molecule has 1 fully saturated rings. The van der Waals surface area contributed by atoms with Gasteiger partial charge in [-0.15, -0.1) is 0 Å². The topological polar surface area (TPSA) is 32.3 Å². The molecule has 70 valence electrons. The zero-order valence-electron chi connectivity index (χ0n) is 7.55. The lowest BCUT2D eigenvalue weighted by Gasteiger charge is -2.08. The highest BCUT2D eigenvalue weighted by molar-refractivity contribution is 7.13. The highest BCUT2D eigenvalue weighted by atomic mass is 31.0. The molecule has 12 heavy (non-hydrogen) atoms. The van der Waals surface area contributed by atoms with Crippen LogP contribution >= 0.6 is 9.39 Å². The summed E-state index contributed by atoms with van der Waals surface area (Å²) >= 11 is 0. The monoisotopic (exact) mass is 188 g/mol. The van der Waals surface area contributed by atoms with Crippen molar-refractivity contribution in [1.29, 1.82) is 0 Å². The van der Waals surface area contributed by atoms with Crippen molar-refractivity contribution in [2.24, 2.45) is 5.92 Å². The molecule has 1 saturated heterocycles. The van der Waals surface area contributed by atoms with Crippen molar-refractivity contribution in [3.63, 3.8) is 0 Å². The lowest BCUT2D eigenvalue weighted by atomic mass is 10.1. The number of nitrogens with zero attached hydrogens (tertiary/aromatic N) is 1. The normalized spacial score (nSPS) is 25.2. The van der Waals surface area contributed by atoms with Crippen molar-refractivity contribution in [1.82, 2.24) is 9.99 Å². The summed E-state index contributed by atoms with van der Waals surface area (Å²) in [6.07, 6.45) is 1.13. The van der Waals surface area contributed by atoms with Gasteiger partial charge in [0.25, 0.3) is 0 Å². The molecule has 0 spiro atoms. The Bertz CT molecular complexity index is 163. The first-order chi connectivity index (χ1) is 5.74. The first-order valence-electron chi connectivity index (χ1n) is 4.47. The van der Waals surface area contributed by atoms with Crippen molar-refractivity contribution in [2.45, 2.75) is 13.3 Å². The minimum Gasteiger partial charge on any atom is -0.316 e. The summed E-state index contributed by atoms with van der Waals surface area (Å²) in [5, 5.41) is 3.27. The number of rotatable bonds is 4. The van der Waals surface area contributed by atoms with Crippen molar-refractivity contribution < 1.29 is 4.79 Å². The van der Waals surface area contributed by atoms with E-state index in [4.69, 9.17) is 0 Å². The number of Topliss-reactive ketones (excluding diaryl/α,β-unsaturated/α-hetero) is 1. The zero-order chi connectivity index (χ0) is 8.97. The van der Waals surface area contributed by atoms with Crippen LogP contribution in [0.3, 0.4) is 0 Å². The van der Waals surface area contributed by atoms with Crippen LogP contribution in [0.25, 0.3) is 0 Å². The molecule has 1 rings (SSSR count). The maximum absolute atomic E-state index is 11.3. The summed E-state index contributed by atoms with van der Waals surface area (Å²) in [6.45, 7) is 5.48. The van der Waals surface area contributed by atoms with Crippen molar-refractivity contribution in [3.05, 3.63) is 0 Å². The molecule has 2 atom stereocenters. The molecule has 4 heteroatoms. The van der Waals surface area contributed by atoms with Gasteiger partial charge in [-0.2, -0.15) is 0 Å². The quantitative estimate of drug-likeness (QED) is 0.508. The Morgan fingerprint density at radius 2 is 2.50 bits per heavy atom. The second-order valence-electron chi connectivity index (χ2n) is 3.30. The van der Waals surface area contributed by atoms with E-state index in [0.717, 1.165) is 26.1 Å². The third kappa shape index (κ3) is 2.81. The average Bonchev–Trinajstić information content (AvgIpc) is 2.31. The van der Waals surface area contributed by atoms with E-state index >= 15 is 0 Å². The van der Waals surface area contributed by atoms with E-state index < -0.39 is 0 Å². The Balaban J connectivity index is 2.19. The molecular formula is C8H17N2OP. The van der Waals surface area contributed by atoms with Gasteiger partial charge in [0.2, 0.25) is 0 Å². The molecule has 1 heterocycles. The Kier molecular flexibility index (Phi) is 4.13. The van der Waals surface area contributed by atoms with Crippen molar-refractivity contribution in [3.8, 4) is 0 Å². The third-order valence-electron chi connectivity index (χ3n) is 2.09. The SMILES string of the molecule is CCCNCC1CN(P)CC1=O. The Morgan fingerprint density at radius 1 is 1.75 bits per heavy atom. The van der Waals surface area contributed by atoms with Crippen LogP contribution in [0.2, 0.25) is 0 Å². The van der Waals surface area contributed by atoms with Crippen LogP contribution in [0.5, 0.6) is 0 Å². The molecule has 1 N–H and O–H groups in total. The molecule has 2 unspecified atom stereocenters. The summed E-state index contributed by atoms with van der Waals surface area (Å²) in [6, 6.07) is 0. The second kappa shape index (κ2) is 4.90. The van der Waals surface area contributed by atoms with Crippen molar-refractivity contribution >= 4 is 15.2 Å². The molecule has 0 aromatic carbocycles. The van der Waals surface area contributed by atoms with E-state index in [2.05, 4.69) is 21.6 Å². The van der Waals surface area contributed by atoms with Crippen LogP contribution in [-0.4, -0.2) is 36.6 Å². The highest BCUT2D eigenvalue weighted by Gasteiger charge is 2.27. The summed E-state index contributed by atoms with van der Waals surface area (Å²) < 4.78 is 2.00. The second-order valence-corrected chi connectivity index (χ2v) is 4.03. The number of nitrogens with one attached hydrogen (secondary N) is 1. The Labute approximate surface area is 76.1 Å². The number of carbonyl (C=O) groups is 1. The van der Waals surface area contributed by atoms with E-state index in [-0.39, 0.29) is 5.92 Å². The van der Waals surface area contributed by atoms with Gasteiger partial charge in [-0.3, -0.25) is 9.46 Å². The zero-order valence-corrected chi connectivity index (χ0v) is 8.70.